The van der Waals surface area contributed by atoms with Gasteiger partial charge in [-0.15, -0.1) is 0 Å². The number of carbonyl (C=O) groups is 1. The molecule has 0 amide bonds. The first-order valence-electron chi connectivity index (χ1n) is 7.20. The van der Waals surface area contributed by atoms with Gasteiger partial charge < -0.3 is 15.3 Å². The molecule has 1 aliphatic rings. The summed E-state index contributed by atoms with van der Waals surface area (Å²) in [7, 11) is -2.82. The summed E-state index contributed by atoms with van der Waals surface area (Å²) >= 11 is 0. The summed E-state index contributed by atoms with van der Waals surface area (Å²) in [6.07, 6.45) is 2.30. The Hall–Kier alpha value is -0.660. The Morgan fingerprint density at radius 3 is 2.40 bits per heavy atom. The van der Waals surface area contributed by atoms with Crippen molar-refractivity contribution in [2.24, 2.45) is 0 Å². The van der Waals surface area contributed by atoms with E-state index in [-0.39, 0.29) is 11.5 Å². The summed E-state index contributed by atoms with van der Waals surface area (Å²) < 4.78 is 22.6. The number of sulfone groups is 1. The lowest BCUT2D eigenvalue weighted by Crippen LogP contribution is -2.49. The van der Waals surface area contributed by atoms with Crippen molar-refractivity contribution in [2.45, 2.75) is 38.6 Å². The van der Waals surface area contributed by atoms with E-state index < -0.39 is 21.3 Å². The minimum atomic E-state index is -2.82. The number of unbranched alkanes of at least 4 members (excludes halogenated alkanes) is 1. The summed E-state index contributed by atoms with van der Waals surface area (Å²) in [5.74, 6) is -0.322. The Bertz CT molecular complexity index is 410. The number of likely N-dealkylation sites (N-methyl/N-ethyl adjacent to an activating group) is 1. The zero-order valence-electron chi connectivity index (χ0n) is 12.4. The Morgan fingerprint density at radius 1 is 1.30 bits per heavy atom. The molecule has 0 saturated carbocycles. The van der Waals surface area contributed by atoms with Crippen molar-refractivity contribution in [2.75, 3.05) is 37.7 Å². The molecule has 1 saturated heterocycles. The van der Waals surface area contributed by atoms with Gasteiger partial charge in [-0.3, -0.25) is 4.79 Å². The van der Waals surface area contributed by atoms with Crippen LogP contribution in [0, 0.1) is 0 Å². The average molecular weight is 306 g/mol. The van der Waals surface area contributed by atoms with Gasteiger partial charge in [-0.1, -0.05) is 6.92 Å². The number of nitrogens with one attached hydrogen (secondary N) is 1. The SMILES string of the molecule is CCNC(C)(CCCCN1CCS(=O)(=O)CC1)C(=O)O. The predicted octanol–water partition coefficient (Wildman–Crippen LogP) is 0.340. The minimum absolute atomic E-state index is 0.247. The van der Waals surface area contributed by atoms with E-state index in [0.717, 1.165) is 19.4 Å². The van der Waals surface area contributed by atoms with E-state index in [1.807, 2.05) is 6.92 Å². The number of hydrogen-bond donors (Lipinski definition) is 2. The van der Waals surface area contributed by atoms with Crippen molar-refractivity contribution in [1.82, 2.24) is 10.2 Å². The van der Waals surface area contributed by atoms with Crippen molar-refractivity contribution in [3.05, 3.63) is 0 Å². The van der Waals surface area contributed by atoms with Gasteiger partial charge in [0.25, 0.3) is 0 Å². The normalized spacial score (nSPS) is 22.3. The van der Waals surface area contributed by atoms with E-state index in [2.05, 4.69) is 10.2 Å². The molecule has 20 heavy (non-hydrogen) atoms. The molecule has 0 aromatic heterocycles. The van der Waals surface area contributed by atoms with Crippen LogP contribution in [0.15, 0.2) is 0 Å². The highest BCUT2D eigenvalue weighted by Gasteiger charge is 2.31. The number of aliphatic carboxylic acids is 1. The smallest absolute Gasteiger partial charge is 0.323 e. The molecule has 1 rings (SSSR count). The fourth-order valence-corrected chi connectivity index (χ4v) is 3.73. The van der Waals surface area contributed by atoms with Crippen LogP contribution in [0.25, 0.3) is 0 Å². The van der Waals surface area contributed by atoms with Gasteiger partial charge in [-0.25, -0.2) is 8.42 Å². The summed E-state index contributed by atoms with van der Waals surface area (Å²) in [4.78, 5) is 13.4. The molecule has 1 unspecified atom stereocenters. The third-order valence-electron chi connectivity index (χ3n) is 3.88. The van der Waals surface area contributed by atoms with Crippen LogP contribution in [-0.2, 0) is 14.6 Å². The van der Waals surface area contributed by atoms with Gasteiger partial charge in [0.1, 0.15) is 5.54 Å². The standard InChI is InChI=1S/C13H26N2O4S/c1-3-14-13(2,12(16)17)6-4-5-7-15-8-10-20(18,19)11-9-15/h14H,3-11H2,1-2H3,(H,16,17). The molecule has 7 heteroatoms. The largest absolute Gasteiger partial charge is 0.480 e. The topological polar surface area (TPSA) is 86.7 Å². The summed E-state index contributed by atoms with van der Waals surface area (Å²) in [6, 6.07) is 0. The van der Waals surface area contributed by atoms with E-state index in [0.29, 0.717) is 26.1 Å². The summed E-state index contributed by atoms with van der Waals surface area (Å²) in [6.45, 7) is 6.29. The molecule has 0 radical (unpaired) electrons. The lowest BCUT2D eigenvalue weighted by atomic mass is 9.95. The van der Waals surface area contributed by atoms with Gasteiger partial charge in [0, 0.05) is 13.1 Å². The maximum atomic E-state index is 11.3. The van der Waals surface area contributed by atoms with Gasteiger partial charge in [0.2, 0.25) is 0 Å². The Morgan fingerprint density at radius 2 is 1.90 bits per heavy atom. The molecule has 0 bridgehead atoms. The molecule has 0 aromatic rings. The molecule has 118 valence electrons. The Kier molecular flexibility index (Phi) is 6.42. The zero-order valence-corrected chi connectivity index (χ0v) is 13.2. The maximum Gasteiger partial charge on any atom is 0.323 e. The molecular formula is C13H26N2O4S. The highest BCUT2D eigenvalue weighted by molar-refractivity contribution is 7.91. The first-order chi connectivity index (χ1) is 9.29. The van der Waals surface area contributed by atoms with Crippen LogP contribution >= 0.6 is 0 Å². The van der Waals surface area contributed by atoms with Gasteiger partial charge in [0.05, 0.1) is 11.5 Å². The second-order valence-corrected chi connectivity index (χ2v) is 7.92. The fourth-order valence-electron chi connectivity index (χ4n) is 2.45. The molecular weight excluding hydrogens is 280 g/mol. The van der Waals surface area contributed by atoms with Gasteiger partial charge >= 0.3 is 5.97 Å². The third kappa shape index (κ3) is 5.38. The molecule has 1 aliphatic heterocycles. The van der Waals surface area contributed by atoms with Crippen LogP contribution in [0.3, 0.4) is 0 Å². The second-order valence-electron chi connectivity index (χ2n) is 5.62. The second kappa shape index (κ2) is 7.38. The van der Waals surface area contributed by atoms with Gasteiger partial charge in [-0.2, -0.15) is 0 Å². The number of carboxylic acids is 1. The van der Waals surface area contributed by atoms with Crippen molar-refractivity contribution < 1.29 is 18.3 Å². The fraction of sp³-hybridized carbons (Fsp3) is 0.923. The first kappa shape index (κ1) is 17.4. The molecule has 1 fully saturated rings. The van der Waals surface area contributed by atoms with Crippen molar-refractivity contribution >= 4 is 15.8 Å². The lowest BCUT2D eigenvalue weighted by molar-refractivity contribution is -0.144. The van der Waals surface area contributed by atoms with E-state index in [1.165, 1.54) is 0 Å². The van der Waals surface area contributed by atoms with Crippen LogP contribution < -0.4 is 5.32 Å². The van der Waals surface area contributed by atoms with E-state index in [1.54, 1.807) is 6.92 Å². The van der Waals surface area contributed by atoms with Crippen LogP contribution in [0.4, 0.5) is 0 Å². The monoisotopic (exact) mass is 306 g/mol. The summed E-state index contributed by atoms with van der Waals surface area (Å²) in [5, 5.41) is 12.2. The summed E-state index contributed by atoms with van der Waals surface area (Å²) in [5.41, 5.74) is -0.861. The van der Waals surface area contributed by atoms with Gasteiger partial charge in [0.15, 0.2) is 9.84 Å². The minimum Gasteiger partial charge on any atom is -0.480 e. The van der Waals surface area contributed by atoms with Crippen LogP contribution in [0.2, 0.25) is 0 Å². The lowest BCUT2D eigenvalue weighted by Gasteiger charge is -2.28. The molecule has 0 spiro atoms. The van der Waals surface area contributed by atoms with Crippen LogP contribution in [0.1, 0.15) is 33.1 Å². The average Bonchev–Trinajstić information content (AvgIpc) is 2.36. The van der Waals surface area contributed by atoms with E-state index in [4.69, 9.17) is 0 Å². The molecule has 1 atom stereocenters. The van der Waals surface area contributed by atoms with Crippen molar-refractivity contribution in [1.29, 1.82) is 0 Å². The van der Waals surface area contributed by atoms with E-state index >= 15 is 0 Å². The number of hydrogen-bond acceptors (Lipinski definition) is 5. The van der Waals surface area contributed by atoms with Gasteiger partial charge in [-0.05, 0) is 39.3 Å². The number of rotatable bonds is 8. The van der Waals surface area contributed by atoms with Crippen molar-refractivity contribution in [3.8, 4) is 0 Å². The third-order valence-corrected chi connectivity index (χ3v) is 5.49. The first-order valence-corrected chi connectivity index (χ1v) is 9.02. The molecule has 6 nitrogen and oxygen atoms in total. The van der Waals surface area contributed by atoms with E-state index in [9.17, 15) is 18.3 Å². The Labute approximate surface area is 121 Å². The molecule has 0 aliphatic carbocycles. The predicted molar refractivity (Wildman–Crippen MR) is 78.7 cm³/mol. The van der Waals surface area contributed by atoms with Crippen LogP contribution in [0.5, 0.6) is 0 Å². The highest BCUT2D eigenvalue weighted by atomic mass is 32.2. The van der Waals surface area contributed by atoms with Crippen LogP contribution in [-0.4, -0.2) is 67.6 Å². The molecule has 0 aromatic carbocycles. The molecule has 1 heterocycles. The quantitative estimate of drug-likeness (QED) is 0.629. The maximum absolute atomic E-state index is 11.3. The molecule has 2 N–H and O–H groups in total. The van der Waals surface area contributed by atoms with Crippen molar-refractivity contribution in [3.63, 3.8) is 0 Å². The zero-order chi connectivity index (χ0) is 15.2. The number of nitrogens with zero attached hydrogens (tertiary/aromatic N) is 1. The Balaban J connectivity index is 2.26. The number of carboxylic acid groups (broad SMARTS) is 1. The highest BCUT2D eigenvalue weighted by Crippen LogP contribution is 2.15.